The monoisotopic (exact) mass is 206 g/mol. The molecule has 0 heterocycles. The van der Waals surface area contributed by atoms with Crippen LogP contribution in [0.2, 0.25) is 0 Å². The summed E-state index contributed by atoms with van der Waals surface area (Å²) in [6, 6.07) is 0. The summed E-state index contributed by atoms with van der Waals surface area (Å²) in [7, 11) is 0. The standard InChI is InChI=1S/C15H26/c1-11(2)10-12(3)14-9-7-8-13(4)15(14,5)6/h9,12-13H,1,7-8,10H2,2-6H3. The molecule has 2 atom stereocenters. The molecular formula is C15H26. The van der Waals surface area contributed by atoms with Gasteiger partial charge in [0.1, 0.15) is 0 Å². The summed E-state index contributed by atoms with van der Waals surface area (Å²) >= 11 is 0. The first-order valence-electron chi connectivity index (χ1n) is 6.20. The fourth-order valence-electron chi connectivity index (χ4n) is 2.87. The van der Waals surface area contributed by atoms with E-state index in [2.05, 4.69) is 47.3 Å². The Morgan fingerprint density at radius 2 is 2.20 bits per heavy atom. The van der Waals surface area contributed by atoms with Crippen molar-refractivity contribution in [1.82, 2.24) is 0 Å². The van der Waals surface area contributed by atoms with E-state index in [0.717, 1.165) is 12.3 Å². The van der Waals surface area contributed by atoms with Gasteiger partial charge in [0.2, 0.25) is 0 Å². The molecule has 2 unspecified atom stereocenters. The molecule has 0 fully saturated rings. The minimum Gasteiger partial charge on any atom is -0.100 e. The lowest BCUT2D eigenvalue weighted by Gasteiger charge is -2.41. The molecule has 0 heteroatoms. The van der Waals surface area contributed by atoms with Gasteiger partial charge in [0.15, 0.2) is 0 Å². The molecule has 0 aliphatic heterocycles. The predicted octanol–water partition coefficient (Wildman–Crippen LogP) is 4.97. The molecule has 0 spiro atoms. The van der Waals surface area contributed by atoms with Gasteiger partial charge < -0.3 is 0 Å². The molecule has 0 bridgehead atoms. The molecule has 0 radical (unpaired) electrons. The second kappa shape index (κ2) is 4.55. The first kappa shape index (κ1) is 12.5. The van der Waals surface area contributed by atoms with E-state index in [4.69, 9.17) is 0 Å². The van der Waals surface area contributed by atoms with E-state index in [0.29, 0.717) is 11.3 Å². The first-order chi connectivity index (χ1) is 6.85. The van der Waals surface area contributed by atoms with E-state index >= 15 is 0 Å². The molecule has 1 aliphatic carbocycles. The molecule has 1 rings (SSSR count). The van der Waals surface area contributed by atoms with Gasteiger partial charge in [0.25, 0.3) is 0 Å². The van der Waals surface area contributed by atoms with Crippen molar-refractivity contribution in [3.8, 4) is 0 Å². The molecule has 0 nitrogen and oxygen atoms in total. The normalized spacial score (nSPS) is 27.0. The van der Waals surface area contributed by atoms with Crippen molar-refractivity contribution in [3.63, 3.8) is 0 Å². The van der Waals surface area contributed by atoms with Crippen LogP contribution in [-0.2, 0) is 0 Å². The molecule has 0 N–H and O–H groups in total. The average molecular weight is 206 g/mol. The minimum atomic E-state index is 0.382. The van der Waals surface area contributed by atoms with Crippen LogP contribution < -0.4 is 0 Å². The van der Waals surface area contributed by atoms with Crippen LogP contribution in [-0.4, -0.2) is 0 Å². The zero-order chi connectivity index (χ0) is 11.6. The van der Waals surface area contributed by atoms with Gasteiger partial charge in [-0.2, -0.15) is 0 Å². The summed E-state index contributed by atoms with van der Waals surface area (Å²) < 4.78 is 0. The maximum absolute atomic E-state index is 4.03. The van der Waals surface area contributed by atoms with Gasteiger partial charge in [-0.15, -0.1) is 6.58 Å². The van der Waals surface area contributed by atoms with Crippen LogP contribution in [0.5, 0.6) is 0 Å². The summed E-state index contributed by atoms with van der Waals surface area (Å²) in [6.45, 7) is 15.7. The Balaban J connectivity index is 2.83. The largest absolute Gasteiger partial charge is 0.100 e. The van der Waals surface area contributed by atoms with Crippen LogP contribution in [0.25, 0.3) is 0 Å². The van der Waals surface area contributed by atoms with Crippen molar-refractivity contribution in [1.29, 1.82) is 0 Å². The summed E-state index contributed by atoms with van der Waals surface area (Å²) in [5.41, 5.74) is 3.34. The summed E-state index contributed by atoms with van der Waals surface area (Å²) in [5, 5.41) is 0. The van der Waals surface area contributed by atoms with Crippen molar-refractivity contribution in [2.45, 2.75) is 53.9 Å². The first-order valence-corrected chi connectivity index (χ1v) is 6.20. The Kier molecular flexibility index (Phi) is 3.81. The fraction of sp³-hybridized carbons (Fsp3) is 0.733. The lowest BCUT2D eigenvalue weighted by atomic mass is 9.64. The molecule has 0 saturated heterocycles. The van der Waals surface area contributed by atoms with Crippen molar-refractivity contribution < 1.29 is 0 Å². The van der Waals surface area contributed by atoms with Crippen LogP contribution in [0.3, 0.4) is 0 Å². The molecule has 0 aromatic heterocycles. The fourth-order valence-corrected chi connectivity index (χ4v) is 2.87. The van der Waals surface area contributed by atoms with Gasteiger partial charge in [-0.25, -0.2) is 0 Å². The van der Waals surface area contributed by atoms with Gasteiger partial charge in [0, 0.05) is 0 Å². The highest BCUT2D eigenvalue weighted by molar-refractivity contribution is 5.20. The molecule has 0 saturated carbocycles. The Bertz CT molecular complexity index is 268. The highest BCUT2D eigenvalue weighted by atomic mass is 14.4. The van der Waals surface area contributed by atoms with Crippen LogP contribution >= 0.6 is 0 Å². The Morgan fingerprint density at radius 1 is 1.60 bits per heavy atom. The van der Waals surface area contributed by atoms with Crippen molar-refractivity contribution in [3.05, 3.63) is 23.8 Å². The average Bonchev–Trinajstić information content (AvgIpc) is 2.08. The van der Waals surface area contributed by atoms with E-state index in [-0.39, 0.29) is 0 Å². The smallest absolute Gasteiger partial charge is 0.0116 e. The Labute approximate surface area is 95.5 Å². The molecule has 86 valence electrons. The van der Waals surface area contributed by atoms with Gasteiger partial charge in [0.05, 0.1) is 0 Å². The Hall–Kier alpha value is -0.520. The number of hydrogen-bond donors (Lipinski definition) is 0. The molecule has 0 aromatic rings. The van der Waals surface area contributed by atoms with E-state index in [9.17, 15) is 0 Å². The number of allylic oxidation sites excluding steroid dienone is 3. The predicted molar refractivity (Wildman–Crippen MR) is 68.9 cm³/mol. The maximum atomic E-state index is 4.03. The van der Waals surface area contributed by atoms with Gasteiger partial charge in [-0.05, 0) is 43.4 Å². The van der Waals surface area contributed by atoms with Crippen molar-refractivity contribution in [2.24, 2.45) is 17.3 Å². The summed E-state index contributed by atoms with van der Waals surface area (Å²) in [6.07, 6.45) is 6.23. The third-order valence-corrected chi connectivity index (χ3v) is 4.13. The number of hydrogen-bond acceptors (Lipinski definition) is 0. The van der Waals surface area contributed by atoms with Gasteiger partial charge >= 0.3 is 0 Å². The van der Waals surface area contributed by atoms with Crippen LogP contribution in [0, 0.1) is 17.3 Å². The third kappa shape index (κ3) is 2.74. The maximum Gasteiger partial charge on any atom is -0.0116 e. The summed E-state index contributed by atoms with van der Waals surface area (Å²) in [4.78, 5) is 0. The molecular weight excluding hydrogens is 180 g/mol. The van der Waals surface area contributed by atoms with Gasteiger partial charge in [-0.3, -0.25) is 0 Å². The third-order valence-electron chi connectivity index (χ3n) is 4.13. The van der Waals surface area contributed by atoms with Crippen LogP contribution in [0.15, 0.2) is 23.8 Å². The highest BCUT2D eigenvalue weighted by Crippen LogP contribution is 2.45. The molecule has 0 aromatic carbocycles. The molecule has 15 heavy (non-hydrogen) atoms. The van der Waals surface area contributed by atoms with Crippen molar-refractivity contribution >= 4 is 0 Å². The highest BCUT2D eigenvalue weighted by Gasteiger charge is 2.34. The molecule has 0 amide bonds. The SMILES string of the molecule is C=C(C)CC(C)C1=CCCC(C)C1(C)C. The minimum absolute atomic E-state index is 0.382. The molecule has 1 aliphatic rings. The van der Waals surface area contributed by atoms with Gasteiger partial charge in [-0.1, -0.05) is 44.9 Å². The van der Waals surface area contributed by atoms with Crippen LogP contribution in [0.1, 0.15) is 53.9 Å². The number of rotatable bonds is 3. The zero-order valence-corrected chi connectivity index (χ0v) is 11.1. The summed E-state index contributed by atoms with van der Waals surface area (Å²) in [5.74, 6) is 1.48. The van der Waals surface area contributed by atoms with Crippen molar-refractivity contribution in [2.75, 3.05) is 0 Å². The second-order valence-electron chi connectivity index (χ2n) is 5.92. The Morgan fingerprint density at radius 3 is 2.73 bits per heavy atom. The van der Waals surface area contributed by atoms with E-state index in [1.54, 1.807) is 5.57 Å². The second-order valence-corrected chi connectivity index (χ2v) is 5.92. The quantitative estimate of drug-likeness (QED) is 0.572. The van der Waals surface area contributed by atoms with E-state index < -0.39 is 0 Å². The van der Waals surface area contributed by atoms with E-state index in [1.165, 1.54) is 18.4 Å². The lowest BCUT2D eigenvalue weighted by Crippen LogP contribution is -2.30. The van der Waals surface area contributed by atoms with E-state index in [1.807, 2.05) is 0 Å². The lowest BCUT2D eigenvalue weighted by molar-refractivity contribution is 0.233. The zero-order valence-electron chi connectivity index (χ0n) is 11.1. The topological polar surface area (TPSA) is 0 Å². The van der Waals surface area contributed by atoms with Crippen LogP contribution in [0.4, 0.5) is 0 Å².